The number of thiophene rings is 1. The van der Waals surface area contributed by atoms with Crippen molar-refractivity contribution in [2.45, 2.75) is 57.9 Å². The van der Waals surface area contributed by atoms with E-state index in [2.05, 4.69) is 28.1 Å². The number of rotatable bonds is 4. The van der Waals surface area contributed by atoms with Crippen LogP contribution in [0.1, 0.15) is 42.7 Å². The number of piperidine rings is 1. The molecule has 0 spiro atoms. The summed E-state index contributed by atoms with van der Waals surface area (Å²) in [6.07, 6.45) is -0.576. The van der Waals surface area contributed by atoms with Crippen LogP contribution in [0, 0.1) is 0 Å². The molecule has 0 saturated carbocycles. The van der Waals surface area contributed by atoms with Gasteiger partial charge in [0.25, 0.3) is 0 Å². The molecule has 32 heavy (non-hydrogen) atoms. The number of alkyl halides is 3. The lowest BCUT2D eigenvalue weighted by molar-refractivity contribution is -0.147. The summed E-state index contributed by atoms with van der Waals surface area (Å²) in [5.74, 6) is 0.728. The number of nitrogens with zero attached hydrogens (tertiary/aromatic N) is 7. The Kier molecular flexibility index (Phi) is 5.44. The van der Waals surface area contributed by atoms with Crippen LogP contribution >= 0.6 is 11.3 Å². The lowest BCUT2D eigenvalue weighted by Crippen LogP contribution is -2.43. The van der Waals surface area contributed by atoms with E-state index in [1.807, 2.05) is 4.90 Å². The lowest BCUT2D eigenvalue weighted by atomic mass is 10.1. The molecule has 3 aromatic heterocycles. The minimum Gasteiger partial charge on any atom is -0.347 e. The van der Waals surface area contributed by atoms with Gasteiger partial charge in [-0.15, -0.1) is 21.5 Å². The fourth-order valence-electron chi connectivity index (χ4n) is 4.44. The largest absolute Gasteiger partial charge is 0.451 e. The Bertz CT molecular complexity index is 1120. The first-order valence-electron chi connectivity index (χ1n) is 10.9. The summed E-state index contributed by atoms with van der Waals surface area (Å²) < 4.78 is 40.9. The molecule has 0 bridgehead atoms. The standard InChI is InChI=1S/C20H25F3N8S/c1-2-4-13-9-14-16(25-19(26-17(14)32-13)30-6-3-5-12(24)10-30)29-7-8-31-15(11-29)27-28-18(31)20(21,22)23/h9,12H,2-8,10-11,24H2,1H3/t12-/m0/s1. The summed E-state index contributed by atoms with van der Waals surface area (Å²) in [6, 6.07) is 2.20. The first kappa shape index (κ1) is 21.4. The number of hydrogen-bond donors (Lipinski definition) is 1. The van der Waals surface area contributed by atoms with Crippen molar-refractivity contribution < 1.29 is 13.2 Å². The van der Waals surface area contributed by atoms with Crippen LogP contribution in [0.15, 0.2) is 6.07 Å². The number of hydrogen-bond acceptors (Lipinski definition) is 8. The number of nitrogens with two attached hydrogens (primary N) is 1. The van der Waals surface area contributed by atoms with Crippen molar-refractivity contribution in [2.24, 2.45) is 5.73 Å². The minimum atomic E-state index is -4.52. The number of fused-ring (bicyclic) bond motifs is 2. The van der Waals surface area contributed by atoms with Crippen LogP contribution in [0.2, 0.25) is 0 Å². The number of aromatic nitrogens is 5. The lowest BCUT2D eigenvalue weighted by Gasteiger charge is -2.33. The molecule has 0 aromatic carbocycles. The van der Waals surface area contributed by atoms with Gasteiger partial charge in [0.15, 0.2) is 5.82 Å². The molecular formula is C20H25F3N8S. The highest BCUT2D eigenvalue weighted by Crippen LogP contribution is 2.36. The average Bonchev–Trinajstić information content (AvgIpc) is 3.36. The molecule has 12 heteroatoms. The second-order valence-electron chi connectivity index (χ2n) is 8.39. The third-order valence-electron chi connectivity index (χ3n) is 5.96. The van der Waals surface area contributed by atoms with E-state index in [1.165, 1.54) is 4.88 Å². The quantitative estimate of drug-likeness (QED) is 0.632. The van der Waals surface area contributed by atoms with E-state index < -0.39 is 12.0 Å². The predicted octanol–water partition coefficient (Wildman–Crippen LogP) is 3.20. The number of anilines is 2. The normalized spacial score (nSPS) is 19.6. The third kappa shape index (κ3) is 3.90. The Morgan fingerprint density at radius 2 is 2.00 bits per heavy atom. The third-order valence-corrected chi connectivity index (χ3v) is 7.04. The summed E-state index contributed by atoms with van der Waals surface area (Å²) in [5.41, 5.74) is 6.18. The van der Waals surface area contributed by atoms with E-state index >= 15 is 0 Å². The van der Waals surface area contributed by atoms with E-state index in [1.54, 1.807) is 11.3 Å². The van der Waals surface area contributed by atoms with Gasteiger partial charge in [0.05, 0.1) is 11.9 Å². The fraction of sp³-hybridized carbons (Fsp3) is 0.600. The van der Waals surface area contributed by atoms with Crippen LogP contribution in [-0.4, -0.2) is 50.4 Å². The zero-order chi connectivity index (χ0) is 22.5. The molecular weight excluding hydrogens is 441 g/mol. The zero-order valence-corrected chi connectivity index (χ0v) is 18.6. The second-order valence-corrected chi connectivity index (χ2v) is 9.50. The van der Waals surface area contributed by atoms with Gasteiger partial charge in [0, 0.05) is 37.1 Å². The number of aryl methyl sites for hydroxylation is 1. The van der Waals surface area contributed by atoms with E-state index in [9.17, 15) is 13.2 Å². The van der Waals surface area contributed by atoms with Gasteiger partial charge < -0.3 is 20.1 Å². The van der Waals surface area contributed by atoms with Crippen molar-refractivity contribution in [3.8, 4) is 0 Å². The highest BCUT2D eigenvalue weighted by atomic mass is 32.1. The molecule has 0 amide bonds. The van der Waals surface area contributed by atoms with Gasteiger partial charge in [0.1, 0.15) is 10.6 Å². The molecule has 2 aliphatic rings. The summed E-state index contributed by atoms with van der Waals surface area (Å²) >= 11 is 1.65. The van der Waals surface area contributed by atoms with Crippen LogP contribution in [0.3, 0.4) is 0 Å². The van der Waals surface area contributed by atoms with Crippen molar-refractivity contribution in [3.05, 3.63) is 22.6 Å². The molecule has 2 aliphatic heterocycles. The van der Waals surface area contributed by atoms with Gasteiger partial charge in [-0.2, -0.15) is 18.2 Å². The van der Waals surface area contributed by atoms with Crippen LogP contribution in [0.5, 0.6) is 0 Å². The van der Waals surface area contributed by atoms with Crippen LogP contribution in [0.25, 0.3) is 10.2 Å². The van der Waals surface area contributed by atoms with Gasteiger partial charge >= 0.3 is 6.18 Å². The maximum absolute atomic E-state index is 13.2. The smallest absolute Gasteiger partial charge is 0.347 e. The van der Waals surface area contributed by atoms with Crippen molar-refractivity contribution in [1.29, 1.82) is 0 Å². The first-order valence-corrected chi connectivity index (χ1v) is 11.7. The maximum Gasteiger partial charge on any atom is 0.451 e. The molecule has 0 aliphatic carbocycles. The van der Waals surface area contributed by atoms with Gasteiger partial charge in [-0.3, -0.25) is 0 Å². The Morgan fingerprint density at radius 3 is 2.75 bits per heavy atom. The predicted molar refractivity (Wildman–Crippen MR) is 117 cm³/mol. The van der Waals surface area contributed by atoms with Crippen molar-refractivity contribution in [3.63, 3.8) is 0 Å². The van der Waals surface area contributed by atoms with Gasteiger partial charge in [0.2, 0.25) is 11.8 Å². The summed E-state index contributed by atoms with van der Waals surface area (Å²) in [7, 11) is 0. The monoisotopic (exact) mass is 466 g/mol. The second kappa shape index (κ2) is 8.14. The first-order chi connectivity index (χ1) is 15.3. The maximum atomic E-state index is 13.2. The fourth-order valence-corrected chi connectivity index (χ4v) is 5.56. The summed E-state index contributed by atoms with van der Waals surface area (Å²) in [4.78, 5) is 16.0. The zero-order valence-electron chi connectivity index (χ0n) is 17.8. The van der Waals surface area contributed by atoms with E-state index in [-0.39, 0.29) is 19.1 Å². The van der Waals surface area contributed by atoms with Crippen LogP contribution < -0.4 is 15.5 Å². The van der Waals surface area contributed by atoms with Crippen LogP contribution in [0.4, 0.5) is 24.9 Å². The molecule has 5 rings (SSSR count). The molecule has 2 N–H and O–H groups in total. The van der Waals surface area contributed by atoms with Gasteiger partial charge in [-0.25, -0.2) is 4.98 Å². The Hall–Kier alpha value is -2.47. The molecule has 0 radical (unpaired) electrons. The van der Waals surface area contributed by atoms with E-state index in [0.717, 1.165) is 52.8 Å². The SMILES string of the molecule is CCCc1cc2c(N3CCn4c(nnc4C(F)(F)F)C3)nc(N3CCC[C@H](N)C3)nc2s1. The minimum absolute atomic E-state index is 0.0832. The highest BCUT2D eigenvalue weighted by Gasteiger charge is 2.39. The average molecular weight is 467 g/mol. The molecule has 8 nitrogen and oxygen atoms in total. The molecule has 172 valence electrons. The molecule has 1 fully saturated rings. The van der Waals surface area contributed by atoms with Crippen molar-refractivity contribution in [1.82, 2.24) is 24.7 Å². The van der Waals surface area contributed by atoms with Crippen LogP contribution in [-0.2, 0) is 25.7 Å². The topological polar surface area (TPSA) is 89.0 Å². The van der Waals surface area contributed by atoms with Gasteiger partial charge in [-0.1, -0.05) is 13.3 Å². The van der Waals surface area contributed by atoms with E-state index in [4.69, 9.17) is 15.7 Å². The summed E-state index contributed by atoms with van der Waals surface area (Å²) in [5, 5.41) is 8.15. The number of halogens is 3. The molecule has 5 heterocycles. The summed E-state index contributed by atoms with van der Waals surface area (Å²) in [6.45, 7) is 4.42. The molecule has 1 saturated heterocycles. The Morgan fingerprint density at radius 1 is 1.16 bits per heavy atom. The van der Waals surface area contributed by atoms with E-state index in [0.29, 0.717) is 24.9 Å². The molecule has 0 unspecified atom stereocenters. The van der Waals surface area contributed by atoms with Gasteiger partial charge in [-0.05, 0) is 25.3 Å². The van der Waals surface area contributed by atoms with Crippen molar-refractivity contribution in [2.75, 3.05) is 29.4 Å². The Labute approximate surface area is 187 Å². The molecule has 3 aromatic rings. The Balaban J connectivity index is 1.54. The van der Waals surface area contributed by atoms with Crippen molar-refractivity contribution >= 4 is 33.3 Å². The molecule has 1 atom stereocenters. The highest BCUT2D eigenvalue weighted by molar-refractivity contribution is 7.18.